The lowest BCUT2D eigenvalue weighted by molar-refractivity contribution is -0.384. The molecule has 0 spiro atoms. The molecule has 0 aliphatic rings. The summed E-state index contributed by atoms with van der Waals surface area (Å²) in [6, 6.07) is 9.07. The van der Waals surface area contributed by atoms with Crippen LogP contribution in [0.15, 0.2) is 47.0 Å². The third-order valence-corrected chi connectivity index (χ3v) is 3.47. The fraction of sp³-hybridized carbons (Fsp3) is 0.0625. The Labute approximate surface area is 134 Å². The number of aromatic nitrogens is 1. The van der Waals surface area contributed by atoms with Gasteiger partial charge in [0.05, 0.1) is 17.1 Å². The van der Waals surface area contributed by atoms with E-state index in [9.17, 15) is 24.0 Å². The molecule has 0 saturated carbocycles. The van der Waals surface area contributed by atoms with E-state index >= 15 is 0 Å². The molecule has 3 aromatic rings. The minimum Gasteiger partial charge on any atom is -0.391 e. The highest BCUT2D eigenvalue weighted by Gasteiger charge is 2.22. The lowest BCUT2D eigenvalue weighted by Crippen LogP contribution is -1.94. The molecule has 0 unspecified atom stereocenters. The van der Waals surface area contributed by atoms with Gasteiger partial charge in [-0.15, -0.1) is 0 Å². The number of hydrogen-bond acceptors (Lipinski definition) is 5. The predicted molar refractivity (Wildman–Crippen MR) is 79.9 cm³/mol. The van der Waals surface area contributed by atoms with Crippen molar-refractivity contribution in [1.82, 2.24) is 5.16 Å². The Balaban J connectivity index is 2.16. The Morgan fingerprint density at radius 1 is 1.21 bits per heavy atom. The SMILES string of the molecule is O=[N+]([O-])c1cccc(-c2onc(-c3cccc(F)c3F)c2CO)c1. The summed E-state index contributed by atoms with van der Waals surface area (Å²) in [5.74, 6) is -2.12. The number of rotatable bonds is 4. The minimum atomic E-state index is -1.12. The topological polar surface area (TPSA) is 89.4 Å². The summed E-state index contributed by atoms with van der Waals surface area (Å²) in [4.78, 5) is 10.3. The monoisotopic (exact) mass is 332 g/mol. The van der Waals surface area contributed by atoms with Gasteiger partial charge in [0.25, 0.3) is 5.69 Å². The molecular weight excluding hydrogens is 322 g/mol. The van der Waals surface area contributed by atoms with Gasteiger partial charge in [-0.1, -0.05) is 23.4 Å². The maximum atomic E-state index is 14.0. The lowest BCUT2D eigenvalue weighted by atomic mass is 10.0. The second kappa shape index (κ2) is 6.17. The fourth-order valence-corrected chi connectivity index (χ4v) is 2.34. The standard InChI is InChI=1S/C16H10F2N2O4/c17-13-6-2-5-11(14(13)18)15-12(8-21)16(24-19-15)9-3-1-4-10(7-9)20(22)23/h1-7,21H,8H2. The second-order valence-electron chi connectivity index (χ2n) is 4.91. The largest absolute Gasteiger partial charge is 0.391 e. The molecule has 0 atom stereocenters. The molecular formula is C16H10F2N2O4. The average Bonchev–Trinajstić information content (AvgIpc) is 3.01. The molecule has 0 aliphatic heterocycles. The van der Waals surface area contributed by atoms with Gasteiger partial charge in [0.15, 0.2) is 17.4 Å². The van der Waals surface area contributed by atoms with E-state index in [0.29, 0.717) is 5.56 Å². The van der Waals surface area contributed by atoms with Crippen LogP contribution in [-0.2, 0) is 6.61 Å². The van der Waals surface area contributed by atoms with Gasteiger partial charge in [0, 0.05) is 23.3 Å². The summed E-state index contributed by atoms with van der Waals surface area (Å²) in [7, 11) is 0. The van der Waals surface area contributed by atoms with Crippen LogP contribution >= 0.6 is 0 Å². The maximum Gasteiger partial charge on any atom is 0.270 e. The molecule has 0 saturated heterocycles. The van der Waals surface area contributed by atoms with E-state index in [2.05, 4.69) is 5.16 Å². The summed E-state index contributed by atoms with van der Waals surface area (Å²) in [5.41, 5.74) is 0.00516. The van der Waals surface area contributed by atoms with Crippen LogP contribution < -0.4 is 0 Å². The minimum absolute atomic E-state index is 0.0554. The molecule has 0 radical (unpaired) electrons. The van der Waals surface area contributed by atoms with Crippen LogP contribution in [-0.4, -0.2) is 15.2 Å². The molecule has 1 heterocycles. The first kappa shape index (κ1) is 15.8. The van der Waals surface area contributed by atoms with E-state index in [1.54, 1.807) is 0 Å². The van der Waals surface area contributed by atoms with Gasteiger partial charge in [-0.05, 0) is 12.1 Å². The van der Waals surface area contributed by atoms with Crippen LogP contribution in [0.1, 0.15) is 5.56 Å². The average molecular weight is 332 g/mol. The van der Waals surface area contributed by atoms with Crippen LogP contribution in [0.2, 0.25) is 0 Å². The molecule has 0 amide bonds. The molecule has 1 N–H and O–H groups in total. The first-order chi connectivity index (χ1) is 11.5. The Morgan fingerprint density at radius 2 is 1.96 bits per heavy atom. The smallest absolute Gasteiger partial charge is 0.270 e. The zero-order chi connectivity index (χ0) is 17.3. The van der Waals surface area contributed by atoms with Crippen molar-refractivity contribution >= 4 is 5.69 Å². The van der Waals surface area contributed by atoms with Crippen molar-refractivity contribution in [3.8, 4) is 22.6 Å². The van der Waals surface area contributed by atoms with E-state index in [0.717, 1.165) is 6.07 Å². The van der Waals surface area contributed by atoms with Crippen LogP contribution in [0.5, 0.6) is 0 Å². The molecule has 3 rings (SSSR count). The number of non-ortho nitro benzene ring substituents is 1. The fourth-order valence-electron chi connectivity index (χ4n) is 2.34. The van der Waals surface area contributed by atoms with Gasteiger partial charge >= 0.3 is 0 Å². The van der Waals surface area contributed by atoms with E-state index in [-0.39, 0.29) is 28.3 Å². The molecule has 1 aromatic heterocycles. The maximum absolute atomic E-state index is 14.0. The first-order valence-electron chi connectivity index (χ1n) is 6.81. The number of aliphatic hydroxyl groups excluding tert-OH is 1. The van der Waals surface area contributed by atoms with Gasteiger partial charge in [0.2, 0.25) is 0 Å². The number of hydrogen-bond donors (Lipinski definition) is 1. The molecule has 122 valence electrons. The predicted octanol–water partition coefficient (Wildman–Crippen LogP) is 3.69. The van der Waals surface area contributed by atoms with Crippen molar-refractivity contribution in [3.63, 3.8) is 0 Å². The number of nitrogens with zero attached hydrogens (tertiary/aromatic N) is 2. The van der Waals surface area contributed by atoms with Crippen molar-refractivity contribution in [2.75, 3.05) is 0 Å². The zero-order valence-electron chi connectivity index (χ0n) is 12.1. The molecule has 2 aromatic carbocycles. The first-order valence-corrected chi connectivity index (χ1v) is 6.81. The van der Waals surface area contributed by atoms with Crippen molar-refractivity contribution < 1.29 is 23.3 Å². The van der Waals surface area contributed by atoms with Gasteiger partial charge in [-0.2, -0.15) is 0 Å². The molecule has 0 fully saturated rings. The number of nitro benzene ring substituents is 1. The van der Waals surface area contributed by atoms with E-state index in [4.69, 9.17) is 4.52 Å². The van der Waals surface area contributed by atoms with Crippen molar-refractivity contribution in [1.29, 1.82) is 0 Å². The second-order valence-corrected chi connectivity index (χ2v) is 4.91. The van der Waals surface area contributed by atoms with E-state index in [1.165, 1.54) is 36.4 Å². The van der Waals surface area contributed by atoms with Gasteiger partial charge in [0.1, 0.15) is 5.69 Å². The summed E-state index contributed by atoms with van der Waals surface area (Å²) in [5, 5.41) is 24.2. The van der Waals surface area contributed by atoms with Crippen molar-refractivity contribution in [3.05, 3.63) is 69.8 Å². The summed E-state index contributed by atoms with van der Waals surface area (Å²) >= 11 is 0. The number of aliphatic hydroxyl groups is 1. The zero-order valence-corrected chi connectivity index (χ0v) is 12.1. The summed E-state index contributed by atoms with van der Waals surface area (Å²) in [6.07, 6.45) is 0. The van der Waals surface area contributed by atoms with E-state index < -0.39 is 23.2 Å². The molecule has 0 aliphatic carbocycles. The number of nitro groups is 1. The van der Waals surface area contributed by atoms with Gasteiger partial charge in [-0.3, -0.25) is 10.1 Å². The highest BCUT2D eigenvalue weighted by molar-refractivity contribution is 5.73. The third-order valence-electron chi connectivity index (χ3n) is 3.47. The normalized spacial score (nSPS) is 10.8. The van der Waals surface area contributed by atoms with Crippen molar-refractivity contribution in [2.24, 2.45) is 0 Å². The lowest BCUT2D eigenvalue weighted by Gasteiger charge is -2.03. The third kappa shape index (κ3) is 2.63. The Bertz CT molecular complexity index is 924. The Morgan fingerprint density at radius 3 is 2.67 bits per heavy atom. The van der Waals surface area contributed by atoms with E-state index in [1.807, 2.05) is 0 Å². The van der Waals surface area contributed by atoms with Crippen LogP contribution in [0, 0.1) is 21.7 Å². The molecule has 0 bridgehead atoms. The number of halogens is 2. The Hall–Kier alpha value is -3.13. The summed E-state index contributed by atoms with van der Waals surface area (Å²) < 4.78 is 32.5. The van der Waals surface area contributed by atoms with Crippen molar-refractivity contribution in [2.45, 2.75) is 6.61 Å². The number of benzene rings is 2. The quantitative estimate of drug-likeness (QED) is 0.581. The molecule has 24 heavy (non-hydrogen) atoms. The summed E-state index contributed by atoms with van der Waals surface area (Å²) in [6.45, 7) is -0.563. The van der Waals surface area contributed by atoms with Gasteiger partial charge in [-0.25, -0.2) is 8.78 Å². The molecule has 8 heteroatoms. The van der Waals surface area contributed by atoms with Crippen LogP contribution in [0.25, 0.3) is 22.6 Å². The highest BCUT2D eigenvalue weighted by atomic mass is 19.2. The van der Waals surface area contributed by atoms with Crippen LogP contribution in [0.3, 0.4) is 0 Å². The highest BCUT2D eigenvalue weighted by Crippen LogP contribution is 2.35. The van der Waals surface area contributed by atoms with Crippen LogP contribution in [0.4, 0.5) is 14.5 Å². The Kier molecular flexibility index (Phi) is 4.05. The van der Waals surface area contributed by atoms with Gasteiger partial charge < -0.3 is 9.63 Å². The molecule has 6 nitrogen and oxygen atoms in total.